The van der Waals surface area contributed by atoms with Gasteiger partial charge in [-0.05, 0) is 12.8 Å². The second-order valence-corrected chi connectivity index (χ2v) is 3.16. The van der Waals surface area contributed by atoms with E-state index in [9.17, 15) is 9.59 Å². The lowest BCUT2D eigenvalue weighted by Crippen LogP contribution is -2.15. The van der Waals surface area contributed by atoms with E-state index >= 15 is 0 Å². The highest BCUT2D eigenvalue weighted by Gasteiger charge is 2.11. The number of carbonyl (C=O) groups is 2. The smallest absolute Gasteiger partial charge is 0.308 e. The molecule has 0 saturated carbocycles. The number of esters is 2. The summed E-state index contributed by atoms with van der Waals surface area (Å²) < 4.78 is 9.39. The molecule has 0 aliphatic rings. The normalized spacial score (nSPS) is 11.9. The summed E-state index contributed by atoms with van der Waals surface area (Å²) in [5.74, 6) is -0.532. The Balaban J connectivity index is 3.45. The number of carbonyl (C=O) groups excluding carboxylic acids is 2. The zero-order valence-corrected chi connectivity index (χ0v) is 9.04. The van der Waals surface area contributed by atoms with Gasteiger partial charge in [-0.1, -0.05) is 13.8 Å². The van der Waals surface area contributed by atoms with Crippen LogP contribution in [0.3, 0.4) is 0 Å². The van der Waals surface area contributed by atoms with E-state index in [4.69, 9.17) is 4.74 Å². The van der Waals surface area contributed by atoms with Crippen molar-refractivity contribution >= 4 is 11.9 Å². The average Bonchev–Trinajstić information content (AvgIpc) is 2.22. The van der Waals surface area contributed by atoms with Crippen LogP contribution in [-0.2, 0) is 19.1 Å². The van der Waals surface area contributed by atoms with Gasteiger partial charge in [0.1, 0.15) is 0 Å². The van der Waals surface area contributed by atoms with E-state index in [1.165, 1.54) is 7.11 Å². The summed E-state index contributed by atoms with van der Waals surface area (Å²) in [4.78, 5) is 21.8. The van der Waals surface area contributed by atoms with E-state index in [0.29, 0.717) is 12.8 Å². The number of hydrogen-bond acceptors (Lipinski definition) is 4. The fourth-order valence-electron chi connectivity index (χ4n) is 0.800. The fourth-order valence-corrected chi connectivity index (χ4v) is 0.800. The third-order valence-corrected chi connectivity index (χ3v) is 2.01. The maximum absolute atomic E-state index is 11.1. The first-order valence-corrected chi connectivity index (χ1v) is 4.85. The first-order valence-electron chi connectivity index (χ1n) is 4.85. The van der Waals surface area contributed by atoms with Gasteiger partial charge in [-0.25, -0.2) is 0 Å². The van der Waals surface area contributed by atoms with Crippen molar-refractivity contribution in [3.8, 4) is 0 Å². The molecule has 0 amide bonds. The second-order valence-electron chi connectivity index (χ2n) is 3.16. The van der Waals surface area contributed by atoms with Gasteiger partial charge in [-0.3, -0.25) is 9.59 Å². The van der Waals surface area contributed by atoms with Crippen molar-refractivity contribution in [2.24, 2.45) is 5.92 Å². The van der Waals surface area contributed by atoms with E-state index in [0.717, 1.165) is 6.42 Å². The van der Waals surface area contributed by atoms with Crippen molar-refractivity contribution in [2.45, 2.75) is 33.1 Å². The molecule has 14 heavy (non-hydrogen) atoms. The van der Waals surface area contributed by atoms with Crippen LogP contribution in [-0.4, -0.2) is 25.7 Å². The monoisotopic (exact) mass is 202 g/mol. The van der Waals surface area contributed by atoms with Crippen LogP contribution in [0.25, 0.3) is 0 Å². The molecule has 0 fully saturated rings. The Morgan fingerprint density at radius 3 is 2.50 bits per heavy atom. The number of ether oxygens (including phenoxy) is 2. The first kappa shape index (κ1) is 12.9. The van der Waals surface area contributed by atoms with Gasteiger partial charge in [0, 0.05) is 6.42 Å². The van der Waals surface area contributed by atoms with Crippen molar-refractivity contribution in [1.82, 2.24) is 0 Å². The molecule has 1 unspecified atom stereocenters. The average molecular weight is 202 g/mol. The zero-order valence-electron chi connectivity index (χ0n) is 9.04. The largest absolute Gasteiger partial charge is 0.469 e. The molecule has 0 aliphatic heterocycles. The molecule has 82 valence electrons. The molecule has 0 aliphatic carbocycles. The topological polar surface area (TPSA) is 52.6 Å². The molecule has 4 heteroatoms. The molecular formula is C10H18O4. The molecule has 1 atom stereocenters. The van der Waals surface area contributed by atoms with Crippen molar-refractivity contribution < 1.29 is 19.1 Å². The van der Waals surface area contributed by atoms with Crippen LogP contribution in [0.5, 0.6) is 0 Å². The van der Waals surface area contributed by atoms with Crippen LogP contribution in [0.4, 0.5) is 0 Å². The number of rotatable bonds is 6. The predicted octanol–water partition coefficient (Wildman–Crippen LogP) is 1.53. The van der Waals surface area contributed by atoms with E-state index in [2.05, 4.69) is 4.74 Å². The summed E-state index contributed by atoms with van der Waals surface area (Å²) in [6, 6.07) is 0. The van der Waals surface area contributed by atoms with Gasteiger partial charge in [-0.15, -0.1) is 0 Å². The maximum atomic E-state index is 11.1. The zero-order chi connectivity index (χ0) is 11.0. The summed E-state index contributed by atoms with van der Waals surface area (Å²) >= 11 is 0. The van der Waals surface area contributed by atoms with E-state index < -0.39 is 0 Å². The van der Waals surface area contributed by atoms with Gasteiger partial charge >= 0.3 is 11.9 Å². The third-order valence-electron chi connectivity index (χ3n) is 2.01. The lowest BCUT2D eigenvalue weighted by molar-refractivity contribution is -0.149. The minimum atomic E-state index is -0.274. The maximum Gasteiger partial charge on any atom is 0.308 e. The molecule has 0 aromatic heterocycles. The molecule has 0 aromatic carbocycles. The highest BCUT2D eigenvalue weighted by Crippen LogP contribution is 2.04. The SMILES string of the molecule is CCC(C)C(=O)OCCCC(=O)OC. The summed E-state index contributed by atoms with van der Waals surface area (Å²) in [5.41, 5.74) is 0. The van der Waals surface area contributed by atoms with Crippen LogP contribution in [0.1, 0.15) is 33.1 Å². The Kier molecular flexibility index (Phi) is 6.80. The molecule has 0 N–H and O–H groups in total. The molecular weight excluding hydrogens is 184 g/mol. The van der Waals surface area contributed by atoms with E-state index in [1.54, 1.807) is 0 Å². The van der Waals surface area contributed by atoms with Crippen LogP contribution >= 0.6 is 0 Å². The summed E-state index contributed by atoms with van der Waals surface area (Å²) in [5, 5.41) is 0. The Labute approximate surface area is 84.6 Å². The van der Waals surface area contributed by atoms with Crippen molar-refractivity contribution in [3.05, 3.63) is 0 Å². The van der Waals surface area contributed by atoms with Crippen LogP contribution in [0.15, 0.2) is 0 Å². The van der Waals surface area contributed by atoms with E-state index in [1.807, 2.05) is 13.8 Å². The van der Waals surface area contributed by atoms with Gasteiger partial charge < -0.3 is 9.47 Å². The highest BCUT2D eigenvalue weighted by atomic mass is 16.5. The van der Waals surface area contributed by atoms with Crippen LogP contribution in [0, 0.1) is 5.92 Å². The molecule has 0 bridgehead atoms. The minimum absolute atomic E-state index is 0.0619. The molecule has 0 heterocycles. The lowest BCUT2D eigenvalue weighted by atomic mass is 10.1. The Hall–Kier alpha value is -1.06. The van der Waals surface area contributed by atoms with Crippen LogP contribution in [0.2, 0.25) is 0 Å². The molecule has 0 rings (SSSR count). The van der Waals surface area contributed by atoms with Gasteiger partial charge in [0.25, 0.3) is 0 Å². The van der Waals surface area contributed by atoms with Gasteiger partial charge in [0.2, 0.25) is 0 Å². The Bertz CT molecular complexity index is 189. The lowest BCUT2D eigenvalue weighted by Gasteiger charge is -2.08. The van der Waals surface area contributed by atoms with Crippen molar-refractivity contribution in [3.63, 3.8) is 0 Å². The standard InChI is InChI=1S/C10H18O4/c1-4-8(2)10(12)14-7-5-6-9(11)13-3/h8H,4-7H2,1-3H3. The summed E-state index contributed by atoms with van der Waals surface area (Å²) in [6.45, 7) is 4.04. The number of methoxy groups -OCH3 is 1. The fraction of sp³-hybridized carbons (Fsp3) is 0.800. The highest BCUT2D eigenvalue weighted by molar-refractivity contribution is 5.72. The van der Waals surface area contributed by atoms with Gasteiger partial charge in [0.15, 0.2) is 0 Å². The quantitative estimate of drug-likeness (QED) is 0.484. The van der Waals surface area contributed by atoms with E-state index in [-0.39, 0.29) is 24.5 Å². The van der Waals surface area contributed by atoms with Crippen LogP contribution < -0.4 is 0 Å². The summed E-state index contributed by atoms with van der Waals surface area (Å²) in [7, 11) is 1.34. The second kappa shape index (κ2) is 7.35. The van der Waals surface area contributed by atoms with Gasteiger partial charge in [0.05, 0.1) is 19.6 Å². The Morgan fingerprint density at radius 1 is 1.36 bits per heavy atom. The van der Waals surface area contributed by atoms with Crippen molar-refractivity contribution in [1.29, 1.82) is 0 Å². The molecule has 4 nitrogen and oxygen atoms in total. The third kappa shape index (κ3) is 5.56. The molecule has 0 radical (unpaired) electrons. The number of hydrogen-bond donors (Lipinski definition) is 0. The van der Waals surface area contributed by atoms with Gasteiger partial charge in [-0.2, -0.15) is 0 Å². The minimum Gasteiger partial charge on any atom is -0.469 e. The van der Waals surface area contributed by atoms with Crippen molar-refractivity contribution in [2.75, 3.05) is 13.7 Å². The Morgan fingerprint density at radius 2 is 2.00 bits per heavy atom. The molecule has 0 saturated heterocycles. The predicted molar refractivity (Wildman–Crippen MR) is 51.7 cm³/mol. The summed E-state index contributed by atoms with van der Waals surface area (Å²) in [6.07, 6.45) is 1.59. The molecule has 0 aromatic rings. The molecule has 0 spiro atoms. The first-order chi connectivity index (χ1) is 6.61.